The minimum absolute atomic E-state index is 0.0691. The third kappa shape index (κ3) is 2.34. The van der Waals surface area contributed by atoms with Gasteiger partial charge in [-0.3, -0.25) is 0 Å². The lowest BCUT2D eigenvalue weighted by Gasteiger charge is -2.22. The van der Waals surface area contributed by atoms with Crippen molar-refractivity contribution in [2.24, 2.45) is 0 Å². The fourth-order valence-electron chi connectivity index (χ4n) is 2.91. The van der Waals surface area contributed by atoms with Gasteiger partial charge < -0.3 is 0 Å². The molecule has 0 saturated carbocycles. The molecule has 3 aromatic carbocycles. The maximum atomic E-state index is 3.74. The first-order valence-electron chi connectivity index (χ1n) is 6.92. The van der Waals surface area contributed by atoms with E-state index in [0.29, 0.717) is 5.92 Å². The van der Waals surface area contributed by atoms with Gasteiger partial charge in [-0.1, -0.05) is 70.5 Å². The van der Waals surface area contributed by atoms with Crippen molar-refractivity contribution in [1.29, 1.82) is 0 Å². The summed E-state index contributed by atoms with van der Waals surface area (Å²) in [5.74, 6) is 0.349. The largest absolute Gasteiger partial charge is 0.358 e. The number of fused-ring (bicyclic) bond motifs is 2. The van der Waals surface area contributed by atoms with Crippen LogP contribution in [-0.4, -0.2) is 0 Å². The van der Waals surface area contributed by atoms with E-state index in [-0.39, 0.29) is 21.2 Å². The average Bonchev–Trinajstić information content (AvgIpc) is 2.53. The number of hydrogen-bond donors (Lipinski definition) is 0. The van der Waals surface area contributed by atoms with E-state index in [9.17, 15) is 0 Å². The fraction of sp³-hybridized carbons (Fsp3) is 0.0526. The van der Waals surface area contributed by atoms with Crippen LogP contribution in [0.15, 0.2) is 77.3 Å². The molecular formula is C19H13BrI+. The summed E-state index contributed by atoms with van der Waals surface area (Å²) in [6.07, 6.45) is 0. The molecule has 0 N–H and O–H groups in total. The molecule has 0 aromatic heterocycles. The zero-order valence-corrected chi connectivity index (χ0v) is 15.0. The van der Waals surface area contributed by atoms with E-state index >= 15 is 0 Å². The average molecular weight is 448 g/mol. The molecule has 0 amide bonds. The summed E-state index contributed by atoms with van der Waals surface area (Å²) in [4.78, 5) is 0. The highest BCUT2D eigenvalue weighted by Gasteiger charge is 2.37. The molecule has 102 valence electrons. The van der Waals surface area contributed by atoms with Crippen LogP contribution >= 0.6 is 15.9 Å². The van der Waals surface area contributed by atoms with Crippen LogP contribution in [0.25, 0.3) is 0 Å². The molecule has 0 spiro atoms. The van der Waals surface area contributed by atoms with Gasteiger partial charge in [0.25, 0.3) is 0 Å². The van der Waals surface area contributed by atoms with Crippen LogP contribution in [0, 0.1) is 7.14 Å². The van der Waals surface area contributed by atoms with Crippen molar-refractivity contribution in [3.8, 4) is 0 Å². The molecule has 2 heteroatoms. The Bertz CT molecular complexity index is 749. The molecule has 0 fully saturated rings. The summed E-state index contributed by atoms with van der Waals surface area (Å²) < 4.78 is 4.30. The van der Waals surface area contributed by atoms with Gasteiger partial charge in [-0.25, -0.2) is 0 Å². The first kappa shape index (κ1) is 13.5. The zero-order valence-electron chi connectivity index (χ0n) is 11.3. The molecule has 0 aliphatic carbocycles. The minimum Gasteiger partial charge on any atom is -0.0619 e. The third-order valence-corrected chi connectivity index (χ3v) is 7.70. The highest BCUT2D eigenvalue weighted by atomic mass is 127. The Morgan fingerprint density at radius 1 is 0.619 bits per heavy atom. The number of hydrogen-bond acceptors (Lipinski definition) is 0. The number of halogens is 2. The van der Waals surface area contributed by atoms with E-state index in [1.807, 2.05) is 0 Å². The Morgan fingerprint density at radius 2 is 1.10 bits per heavy atom. The van der Waals surface area contributed by atoms with Crippen LogP contribution in [0.5, 0.6) is 0 Å². The Morgan fingerprint density at radius 3 is 1.67 bits per heavy atom. The number of rotatable bonds is 1. The lowest BCUT2D eigenvalue weighted by Crippen LogP contribution is -3.62. The van der Waals surface area contributed by atoms with E-state index in [0.717, 1.165) is 0 Å². The van der Waals surface area contributed by atoms with Gasteiger partial charge in [-0.2, -0.15) is 0 Å². The zero-order chi connectivity index (χ0) is 14.2. The van der Waals surface area contributed by atoms with Crippen molar-refractivity contribution in [2.45, 2.75) is 5.92 Å². The standard InChI is InChI=1S/C19H13BrI/c20-16-10-4-1-7-13(16)19-14-8-2-5-11-17(14)21-18-12-6-3-9-15(18)19/h1-12,19H/q+1. The lowest BCUT2D eigenvalue weighted by atomic mass is 9.85. The molecule has 3 aromatic rings. The van der Waals surface area contributed by atoms with Gasteiger partial charge in [0.1, 0.15) is 0 Å². The molecule has 0 saturated heterocycles. The molecule has 0 bridgehead atoms. The molecule has 21 heavy (non-hydrogen) atoms. The van der Waals surface area contributed by atoms with Crippen molar-refractivity contribution < 1.29 is 21.2 Å². The van der Waals surface area contributed by atoms with E-state index in [4.69, 9.17) is 0 Å². The minimum atomic E-state index is -0.0691. The van der Waals surface area contributed by atoms with Gasteiger partial charge >= 0.3 is 21.2 Å². The summed E-state index contributed by atoms with van der Waals surface area (Å²) in [7, 11) is 0. The van der Waals surface area contributed by atoms with Gasteiger partial charge in [0.2, 0.25) is 0 Å². The topological polar surface area (TPSA) is 0 Å². The molecule has 1 heterocycles. The second kappa shape index (κ2) is 5.58. The first-order chi connectivity index (χ1) is 10.3. The van der Waals surface area contributed by atoms with Gasteiger partial charge in [0.15, 0.2) is 7.14 Å². The summed E-state index contributed by atoms with van der Waals surface area (Å²) >= 11 is 3.68. The lowest BCUT2D eigenvalue weighted by molar-refractivity contribution is -0.601. The Hall–Kier alpha value is -1.13. The van der Waals surface area contributed by atoms with Gasteiger partial charge in [-0.15, -0.1) is 0 Å². The molecule has 4 rings (SSSR count). The van der Waals surface area contributed by atoms with Crippen LogP contribution in [-0.2, 0) is 0 Å². The summed E-state index contributed by atoms with van der Waals surface area (Å²) in [5.41, 5.74) is 4.33. The van der Waals surface area contributed by atoms with E-state index in [1.54, 1.807) is 7.14 Å². The maximum absolute atomic E-state index is 3.74. The highest BCUT2D eigenvalue weighted by Crippen LogP contribution is 2.36. The summed E-state index contributed by atoms with van der Waals surface area (Å²) in [6, 6.07) is 26.5. The molecule has 0 atom stereocenters. The van der Waals surface area contributed by atoms with Crippen LogP contribution in [0.1, 0.15) is 22.6 Å². The van der Waals surface area contributed by atoms with Gasteiger partial charge in [0.05, 0.1) is 0 Å². The first-order valence-corrected chi connectivity index (χ1v) is 9.87. The Kier molecular flexibility index (Phi) is 3.59. The molecule has 1 aliphatic heterocycles. The normalized spacial score (nSPS) is 13.6. The monoisotopic (exact) mass is 447 g/mol. The second-order valence-corrected chi connectivity index (χ2v) is 8.81. The van der Waals surface area contributed by atoms with Crippen molar-refractivity contribution in [3.05, 3.63) is 101 Å². The van der Waals surface area contributed by atoms with E-state index in [2.05, 4.69) is 88.7 Å². The maximum Gasteiger partial charge on any atom is 0.358 e. The fourth-order valence-corrected chi connectivity index (χ4v) is 6.43. The van der Waals surface area contributed by atoms with Crippen molar-refractivity contribution in [1.82, 2.24) is 0 Å². The predicted octanol–water partition coefficient (Wildman–Crippen LogP) is 2.07. The predicted molar refractivity (Wildman–Crippen MR) is 85.4 cm³/mol. The smallest absolute Gasteiger partial charge is 0.0619 e. The van der Waals surface area contributed by atoms with Crippen LogP contribution < -0.4 is 21.2 Å². The van der Waals surface area contributed by atoms with Crippen molar-refractivity contribution in [3.63, 3.8) is 0 Å². The number of benzene rings is 3. The van der Waals surface area contributed by atoms with Crippen molar-refractivity contribution in [2.75, 3.05) is 0 Å². The quantitative estimate of drug-likeness (QED) is 0.392. The molecule has 0 radical (unpaired) electrons. The molecule has 1 aliphatic rings. The summed E-state index contributed by atoms with van der Waals surface area (Å²) in [5, 5.41) is 0. The van der Waals surface area contributed by atoms with E-state index < -0.39 is 0 Å². The van der Waals surface area contributed by atoms with Gasteiger partial charge in [-0.05, 0) is 23.8 Å². The SMILES string of the molecule is Brc1ccccc1C1c2ccccc2[I+]c2ccccc21. The van der Waals surface area contributed by atoms with Crippen LogP contribution in [0.2, 0.25) is 0 Å². The van der Waals surface area contributed by atoms with E-state index in [1.165, 1.54) is 21.2 Å². The van der Waals surface area contributed by atoms with Crippen LogP contribution in [0.4, 0.5) is 0 Å². The highest BCUT2D eigenvalue weighted by molar-refractivity contribution is 9.10. The van der Waals surface area contributed by atoms with Gasteiger partial charge in [0, 0.05) is 21.5 Å². The molecule has 0 nitrogen and oxygen atoms in total. The molecule has 0 unspecified atom stereocenters. The third-order valence-electron chi connectivity index (χ3n) is 3.85. The van der Waals surface area contributed by atoms with Crippen LogP contribution in [0.3, 0.4) is 0 Å². The molecular weight excluding hydrogens is 435 g/mol. The second-order valence-electron chi connectivity index (χ2n) is 5.09. The Balaban J connectivity index is 2.00. The summed E-state index contributed by atoms with van der Waals surface area (Å²) in [6.45, 7) is 0. The van der Waals surface area contributed by atoms with Crippen molar-refractivity contribution >= 4 is 15.9 Å². The Labute approximate surface area is 143 Å².